The smallest absolute Gasteiger partial charge is 0.313 e. The van der Waals surface area contributed by atoms with E-state index in [0.29, 0.717) is 13.2 Å². The minimum atomic E-state index is -0.0757. The minimum Gasteiger partial charge on any atom is -0.313 e. The van der Waals surface area contributed by atoms with Gasteiger partial charge < -0.3 is 10.3 Å². The number of amides is 2. The lowest BCUT2D eigenvalue weighted by atomic mass is 9.86. The van der Waals surface area contributed by atoms with Crippen molar-refractivity contribution in [3.05, 3.63) is 35.9 Å². The molecule has 2 heterocycles. The molecule has 1 aliphatic carbocycles. The third-order valence-corrected chi connectivity index (χ3v) is 5.11. The van der Waals surface area contributed by atoms with Crippen molar-refractivity contribution in [3.63, 3.8) is 0 Å². The van der Waals surface area contributed by atoms with Crippen LogP contribution in [0.15, 0.2) is 30.3 Å². The largest absolute Gasteiger partial charge is 0.344 e. The molecule has 0 aromatic heterocycles. The van der Waals surface area contributed by atoms with Crippen LogP contribution in [0.1, 0.15) is 24.8 Å². The first-order valence-corrected chi connectivity index (χ1v) is 7.51. The number of carbonyl (C=O) groups is 1. The molecule has 0 radical (unpaired) electrons. The van der Waals surface area contributed by atoms with E-state index in [0.717, 1.165) is 24.8 Å². The maximum atomic E-state index is 12.5. The van der Waals surface area contributed by atoms with Crippen molar-refractivity contribution in [2.45, 2.75) is 38.0 Å². The Balaban J connectivity index is 1.53. The molecular formula is C16H19N3O2. The van der Waals surface area contributed by atoms with Crippen molar-refractivity contribution < 1.29 is 9.63 Å². The molecule has 110 valence electrons. The highest BCUT2D eigenvalue weighted by molar-refractivity contribution is 5.81. The molecule has 3 aliphatic rings. The lowest BCUT2D eigenvalue weighted by Crippen LogP contribution is -2.46. The average Bonchev–Trinajstić information content (AvgIpc) is 3.23. The lowest BCUT2D eigenvalue weighted by molar-refractivity contribution is -0.153. The van der Waals surface area contributed by atoms with Crippen LogP contribution in [0, 0.1) is 10.8 Å². The molecule has 4 rings (SSSR count). The van der Waals surface area contributed by atoms with Gasteiger partial charge in [-0.1, -0.05) is 30.3 Å². The van der Waals surface area contributed by atoms with Gasteiger partial charge in [-0.05, 0) is 30.2 Å². The van der Waals surface area contributed by atoms with Crippen LogP contribution in [0.4, 0.5) is 4.79 Å². The summed E-state index contributed by atoms with van der Waals surface area (Å²) in [7, 11) is 0. The van der Waals surface area contributed by atoms with Crippen molar-refractivity contribution >= 4 is 12.2 Å². The maximum Gasteiger partial charge on any atom is 0.344 e. The number of fused-ring (bicyclic) bond motifs is 3. The Bertz CT molecular complexity index is 570. The number of hydroxylamine groups is 2. The first kappa shape index (κ1) is 12.8. The molecule has 2 bridgehead atoms. The van der Waals surface area contributed by atoms with Gasteiger partial charge in [0.25, 0.3) is 0 Å². The summed E-state index contributed by atoms with van der Waals surface area (Å²) in [6.45, 7) is 1.12. The number of nitrogens with one attached hydrogen (secondary N) is 1. The number of carbonyl (C=O) groups excluding carboxylic acids is 1. The predicted octanol–water partition coefficient (Wildman–Crippen LogP) is 2.43. The topological polar surface area (TPSA) is 56.6 Å². The summed E-state index contributed by atoms with van der Waals surface area (Å²) in [6.07, 6.45) is 4.62. The van der Waals surface area contributed by atoms with E-state index < -0.39 is 0 Å². The molecule has 1 N–H and O–H groups in total. The molecule has 0 unspecified atom stereocenters. The van der Waals surface area contributed by atoms with E-state index in [2.05, 4.69) is 0 Å². The van der Waals surface area contributed by atoms with Crippen LogP contribution in [0.3, 0.4) is 0 Å². The summed E-state index contributed by atoms with van der Waals surface area (Å²) in [5, 5.41) is 9.15. The van der Waals surface area contributed by atoms with E-state index in [9.17, 15) is 4.79 Å². The SMILES string of the molecule is N=C[C@@H]1CC2(CC2)[C@H]2CN1C(=O)N2OCc1ccccc1. The van der Waals surface area contributed by atoms with Gasteiger partial charge >= 0.3 is 6.03 Å². The molecular weight excluding hydrogens is 266 g/mol. The quantitative estimate of drug-likeness (QED) is 0.864. The van der Waals surface area contributed by atoms with Crippen molar-refractivity contribution in [1.82, 2.24) is 9.96 Å². The molecule has 1 spiro atoms. The van der Waals surface area contributed by atoms with Gasteiger partial charge in [-0.25, -0.2) is 4.79 Å². The summed E-state index contributed by atoms with van der Waals surface area (Å²) >= 11 is 0. The fourth-order valence-electron chi connectivity index (χ4n) is 3.69. The fraction of sp³-hybridized carbons (Fsp3) is 0.500. The van der Waals surface area contributed by atoms with Crippen LogP contribution in [0.2, 0.25) is 0 Å². The number of rotatable bonds is 4. The summed E-state index contributed by atoms with van der Waals surface area (Å²) in [5.41, 5.74) is 1.26. The normalized spacial score (nSPS) is 29.0. The van der Waals surface area contributed by atoms with Crippen LogP contribution in [0.5, 0.6) is 0 Å². The highest BCUT2D eigenvalue weighted by Gasteiger charge is 2.62. The first-order valence-electron chi connectivity index (χ1n) is 7.51. The second-order valence-electron chi connectivity index (χ2n) is 6.34. The Morgan fingerprint density at radius 2 is 2.10 bits per heavy atom. The molecule has 5 heteroatoms. The summed E-state index contributed by atoms with van der Waals surface area (Å²) in [4.78, 5) is 20.2. The minimum absolute atomic E-state index is 0.0541. The van der Waals surface area contributed by atoms with Gasteiger partial charge in [0.2, 0.25) is 0 Å². The summed E-state index contributed by atoms with van der Waals surface area (Å²) in [5.74, 6) is 0. The van der Waals surface area contributed by atoms with E-state index in [1.54, 1.807) is 9.96 Å². The van der Waals surface area contributed by atoms with Gasteiger partial charge in [-0.3, -0.25) is 4.84 Å². The highest BCUT2D eigenvalue weighted by atomic mass is 16.7. The first-order chi connectivity index (χ1) is 10.2. The Morgan fingerprint density at radius 3 is 2.76 bits per heavy atom. The van der Waals surface area contributed by atoms with Gasteiger partial charge in [-0.15, -0.1) is 0 Å². The van der Waals surface area contributed by atoms with Gasteiger partial charge in [0.1, 0.15) is 6.61 Å². The summed E-state index contributed by atoms with van der Waals surface area (Å²) in [6, 6.07) is 9.94. The zero-order valence-electron chi connectivity index (χ0n) is 11.9. The van der Waals surface area contributed by atoms with Crippen LogP contribution < -0.4 is 0 Å². The van der Waals surface area contributed by atoms with Crippen LogP contribution in [-0.4, -0.2) is 40.8 Å². The molecule has 2 saturated heterocycles. The second-order valence-corrected chi connectivity index (χ2v) is 6.34. The van der Waals surface area contributed by atoms with Crippen molar-refractivity contribution in [2.75, 3.05) is 6.54 Å². The van der Waals surface area contributed by atoms with E-state index in [1.165, 1.54) is 6.21 Å². The van der Waals surface area contributed by atoms with E-state index in [4.69, 9.17) is 10.2 Å². The van der Waals surface area contributed by atoms with E-state index in [-0.39, 0.29) is 23.5 Å². The van der Waals surface area contributed by atoms with Crippen molar-refractivity contribution in [1.29, 1.82) is 5.41 Å². The van der Waals surface area contributed by atoms with E-state index >= 15 is 0 Å². The predicted molar refractivity (Wildman–Crippen MR) is 77.8 cm³/mol. The molecule has 3 fully saturated rings. The molecule has 2 atom stereocenters. The molecule has 21 heavy (non-hydrogen) atoms. The Morgan fingerprint density at radius 1 is 1.33 bits per heavy atom. The number of hydrogen-bond donors (Lipinski definition) is 1. The Labute approximate surface area is 123 Å². The van der Waals surface area contributed by atoms with Crippen LogP contribution in [-0.2, 0) is 11.4 Å². The monoisotopic (exact) mass is 285 g/mol. The van der Waals surface area contributed by atoms with Gasteiger partial charge in [0.05, 0.1) is 12.1 Å². The van der Waals surface area contributed by atoms with Crippen LogP contribution >= 0.6 is 0 Å². The highest BCUT2D eigenvalue weighted by Crippen LogP contribution is 2.58. The third-order valence-electron chi connectivity index (χ3n) is 5.11. The van der Waals surface area contributed by atoms with Crippen molar-refractivity contribution in [3.8, 4) is 0 Å². The van der Waals surface area contributed by atoms with Gasteiger partial charge in [-0.2, -0.15) is 5.06 Å². The number of nitrogens with zero attached hydrogens (tertiary/aromatic N) is 2. The number of urea groups is 1. The number of hydrogen-bond acceptors (Lipinski definition) is 3. The number of piperidine rings is 1. The van der Waals surface area contributed by atoms with Crippen LogP contribution in [0.25, 0.3) is 0 Å². The molecule has 2 amide bonds. The Kier molecular flexibility index (Phi) is 2.79. The fourth-order valence-corrected chi connectivity index (χ4v) is 3.69. The lowest BCUT2D eigenvalue weighted by Gasteiger charge is -2.34. The second kappa shape index (κ2) is 4.56. The number of benzene rings is 1. The standard InChI is InChI=1S/C16H19N3O2/c17-9-13-8-16(6-7-16)14-10-18(13)15(20)19(14)21-11-12-4-2-1-3-5-12/h1-5,9,13-14,17H,6-8,10-11H2/t13-,14+/m0/s1. The van der Waals surface area contributed by atoms with Crippen molar-refractivity contribution in [2.24, 2.45) is 5.41 Å². The average molecular weight is 285 g/mol. The Hall–Kier alpha value is -1.88. The summed E-state index contributed by atoms with van der Waals surface area (Å²) < 4.78 is 0. The molecule has 1 saturated carbocycles. The molecule has 1 aromatic rings. The third kappa shape index (κ3) is 1.95. The zero-order chi connectivity index (χ0) is 14.4. The maximum absolute atomic E-state index is 12.5. The molecule has 1 aromatic carbocycles. The van der Waals surface area contributed by atoms with Gasteiger partial charge in [0.15, 0.2) is 0 Å². The molecule has 2 aliphatic heterocycles. The molecule has 5 nitrogen and oxygen atoms in total. The van der Waals surface area contributed by atoms with Gasteiger partial charge in [0, 0.05) is 12.8 Å². The zero-order valence-corrected chi connectivity index (χ0v) is 11.9. The van der Waals surface area contributed by atoms with E-state index in [1.807, 2.05) is 30.3 Å².